The molecule has 2 unspecified atom stereocenters. The number of piperidine rings is 1. The number of aryl methyl sites for hydroxylation is 1. The third-order valence-corrected chi connectivity index (χ3v) is 9.58. The molecule has 15 nitrogen and oxygen atoms in total. The van der Waals surface area contributed by atoms with E-state index in [4.69, 9.17) is 19.3 Å². The number of aliphatic hydroxyl groups excluding tert-OH is 1. The highest BCUT2D eigenvalue weighted by atomic mass is 16.5. The van der Waals surface area contributed by atoms with Crippen molar-refractivity contribution < 1.29 is 38.9 Å². The van der Waals surface area contributed by atoms with Crippen molar-refractivity contribution in [1.82, 2.24) is 25.0 Å². The predicted molar refractivity (Wildman–Crippen MR) is 193 cm³/mol. The maximum absolute atomic E-state index is 13.3. The minimum atomic E-state index is -1.30. The zero-order valence-corrected chi connectivity index (χ0v) is 29.1. The van der Waals surface area contributed by atoms with Crippen LogP contribution in [0.4, 0.5) is 5.69 Å². The predicted octanol–water partition coefficient (Wildman–Crippen LogP) is 3.09. The summed E-state index contributed by atoms with van der Waals surface area (Å²) in [6.45, 7) is 3.34. The molecule has 0 radical (unpaired) electrons. The Hall–Kier alpha value is -5.48. The van der Waals surface area contributed by atoms with Crippen molar-refractivity contribution in [2.24, 2.45) is 5.16 Å². The van der Waals surface area contributed by atoms with Crippen LogP contribution < -0.4 is 10.6 Å². The van der Waals surface area contributed by atoms with Gasteiger partial charge in [0.05, 0.1) is 69.1 Å². The third kappa shape index (κ3) is 7.83. The van der Waals surface area contributed by atoms with Gasteiger partial charge in [0.2, 0.25) is 5.91 Å². The number of nitrogens with zero attached hydrogens (tertiary/aromatic N) is 5. The van der Waals surface area contributed by atoms with E-state index < -0.39 is 24.1 Å². The molecule has 0 spiro atoms. The van der Waals surface area contributed by atoms with Gasteiger partial charge in [0.1, 0.15) is 11.9 Å². The summed E-state index contributed by atoms with van der Waals surface area (Å²) in [5.41, 5.74) is 7.75. The fraction of sp³-hybridized carbons (Fsp3) is 0.368. The molecule has 276 valence electrons. The van der Waals surface area contributed by atoms with Gasteiger partial charge in [-0.2, -0.15) is 5.10 Å². The monoisotopic (exact) mass is 723 g/mol. The van der Waals surface area contributed by atoms with Crippen LogP contribution in [0.2, 0.25) is 0 Å². The number of hydrogen-bond donors (Lipinski definition) is 4. The number of oxime groups is 1. The summed E-state index contributed by atoms with van der Waals surface area (Å²) in [5.74, 6) is -1.31. The van der Waals surface area contributed by atoms with Crippen LogP contribution in [0.1, 0.15) is 51.1 Å². The van der Waals surface area contributed by atoms with Crippen LogP contribution in [0.25, 0.3) is 22.4 Å². The van der Waals surface area contributed by atoms with Crippen LogP contribution in [0.15, 0.2) is 72.3 Å². The molecule has 1 fully saturated rings. The summed E-state index contributed by atoms with van der Waals surface area (Å²) < 4.78 is 19.0. The normalized spacial score (nSPS) is 18.8. The molecule has 2 aromatic carbocycles. The summed E-state index contributed by atoms with van der Waals surface area (Å²) in [7, 11) is 0. The minimum Gasteiger partial charge on any atom is -0.411 e. The summed E-state index contributed by atoms with van der Waals surface area (Å²) >= 11 is 0. The molecular formula is C38H41N7O8. The van der Waals surface area contributed by atoms with Crippen molar-refractivity contribution in [3.8, 4) is 22.4 Å². The highest BCUT2D eigenvalue weighted by Crippen LogP contribution is 2.35. The number of aromatic nitrogens is 3. The molecule has 3 aliphatic rings. The highest BCUT2D eigenvalue weighted by molar-refractivity contribution is 6.24. The molecule has 1 aliphatic carbocycles. The van der Waals surface area contributed by atoms with E-state index in [1.807, 2.05) is 35.1 Å². The molecule has 2 aliphatic heterocycles. The van der Waals surface area contributed by atoms with Crippen molar-refractivity contribution in [2.75, 3.05) is 51.5 Å². The summed E-state index contributed by atoms with van der Waals surface area (Å²) in [5, 5.41) is 33.5. The first-order valence-corrected chi connectivity index (χ1v) is 17.7. The van der Waals surface area contributed by atoms with Gasteiger partial charge >= 0.3 is 0 Å². The molecule has 0 bridgehead atoms. The zero-order valence-electron chi connectivity index (χ0n) is 29.1. The lowest BCUT2D eigenvalue weighted by Crippen LogP contribution is -2.57. The van der Waals surface area contributed by atoms with Gasteiger partial charge in [0.25, 0.3) is 11.8 Å². The Bertz CT molecular complexity index is 2000. The quantitative estimate of drug-likeness (QED) is 0.0576. The largest absolute Gasteiger partial charge is 0.411 e. The number of fused-ring (bicyclic) bond motifs is 2. The molecule has 2 atom stereocenters. The first kappa shape index (κ1) is 35.9. The second-order valence-electron chi connectivity index (χ2n) is 12.9. The Balaban J connectivity index is 0.811. The fourth-order valence-electron chi connectivity index (χ4n) is 6.96. The number of rotatable bonds is 16. The minimum absolute atomic E-state index is 0.124. The molecule has 2 aromatic heterocycles. The molecule has 53 heavy (non-hydrogen) atoms. The molecule has 4 aromatic rings. The molecule has 15 heteroatoms. The Morgan fingerprint density at radius 2 is 1.62 bits per heavy atom. The van der Waals surface area contributed by atoms with E-state index in [9.17, 15) is 24.7 Å². The second kappa shape index (κ2) is 16.5. The summed E-state index contributed by atoms with van der Waals surface area (Å²) in [4.78, 5) is 43.1. The van der Waals surface area contributed by atoms with Crippen molar-refractivity contribution in [2.45, 2.75) is 44.5 Å². The first-order chi connectivity index (χ1) is 25.9. The van der Waals surface area contributed by atoms with Gasteiger partial charge in [-0.15, -0.1) is 0 Å². The number of pyridine rings is 1. The Labute approximate surface area is 305 Å². The lowest BCUT2D eigenvalue weighted by Gasteiger charge is -2.33. The third-order valence-electron chi connectivity index (χ3n) is 9.58. The number of carbonyl (C=O) groups is 3. The number of hydrogen-bond acceptors (Lipinski definition) is 12. The van der Waals surface area contributed by atoms with Gasteiger partial charge < -0.3 is 35.2 Å². The van der Waals surface area contributed by atoms with E-state index in [0.29, 0.717) is 58.4 Å². The number of ether oxygens (including phenoxy) is 3. The molecule has 3 amide bonds. The lowest BCUT2D eigenvalue weighted by molar-refractivity contribution is -0.129. The lowest BCUT2D eigenvalue weighted by atomic mass is 9.98. The summed E-state index contributed by atoms with van der Waals surface area (Å²) in [6, 6.07) is 14.3. The van der Waals surface area contributed by atoms with Crippen LogP contribution in [-0.4, -0.2) is 112 Å². The Morgan fingerprint density at radius 1 is 0.849 bits per heavy atom. The van der Waals surface area contributed by atoms with Gasteiger partial charge in [-0.1, -0.05) is 29.4 Å². The van der Waals surface area contributed by atoms with Crippen molar-refractivity contribution in [3.05, 3.63) is 89.4 Å². The molecule has 0 saturated carbocycles. The maximum atomic E-state index is 13.3. The molecule has 7 rings (SSSR count). The van der Waals surface area contributed by atoms with Crippen LogP contribution in [0.3, 0.4) is 0 Å². The highest BCUT2D eigenvalue weighted by Gasteiger charge is 2.45. The molecule has 1 saturated heterocycles. The number of amides is 3. The number of benzene rings is 2. The van der Waals surface area contributed by atoms with Gasteiger partial charge in [0, 0.05) is 53.9 Å². The van der Waals surface area contributed by atoms with E-state index in [-0.39, 0.29) is 29.9 Å². The second-order valence-corrected chi connectivity index (χ2v) is 12.9. The first-order valence-electron chi connectivity index (χ1n) is 17.7. The molecule has 4 heterocycles. The number of aliphatic hydroxyl groups is 1. The van der Waals surface area contributed by atoms with E-state index in [1.54, 1.807) is 30.6 Å². The average Bonchev–Trinajstić information content (AvgIpc) is 3.86. The summed E-state index contributed by atoms with van der Waals surface area (Å²) in [6.07, 6.45) is 6.11. The van der Waals surface area contributed by atoms with Crippen molar-refractivity contribution in [3.63, 3.8) is 0 Å². The fourth-order valence-corrected chi connectivity index (χ4v) is 6.96. The maximum Gasteiger partial charge on any atom is 0.264 e. The number of imide groups is 1. The van der Waals surface area contributed by atoms with Gasteiger partial charge in [-0.25, -0.2) is 0 Å². The van der Waals surface area contributed by atoms with Gasteiger partial charge in [-0.05, 0) is 54.7 Å². The van der Waals surface area contributed by atoms with E-state index in [1.165, 1.54) is 0 Å². The van der Waals surface area contributed by atoms with Gasteiger partial charge in [-0.3, -0.25) is 28.9 Å². The zero-order chi connectivity index (χ0) is 36.7. The van der Waals surface area contributed by atoms with Crippen LogP contribution in [0, 0.1) is 0 Å². The van der Waals surface area contributed by atoms with Crippen molar-refractivity contribution in [1.29, 1.82) is 0 Å². The smallest absolute Gasteiger partial charge is 0.264 e. The molecule has 4 N–H and O–H groups in total. The van der Waals surface area contributed by atoms with Crippen LogP contribution in [0.5, 0.6) is 0 Å². The topological polar surface area (TPSA) is 190 Å². The van der Waals surface area contributed by atoms with E-state index in [0.717, 1.165) is 57.0 Å². The van der Waals surface area contributed by atoms with E-state index >= 15 is 0 Å². The molecular weight excluding hydrogens is 682 g/mol. The van der Waals surface area contributed by atoms with Crippen LogP contribution >= 0.6 is 0 Å². The van der Waals surface area contributed by atoms with Crippen molar-refractivity contribution >= 4 is 29.1 Å². The number of anilines is 1. The van der Waals surface area contributed by atoms with Gasteiger partial charge in [0.15, 0.2) is 0 Å². The Kier molecular flexibility index (Phi) is 11.2. The average molecular weight is 724 g/mol. The Morgan fingerprint density at radius 3 is 2.40 bits per heavy atom. The van der Waals surface area contributed by atoms with E-state index in [2.05, 4.69) is 26.8 Å². The SMILES string of the molecule is O=C1CCC(N2C(=O)c3cccc(NCCOCCOCCOCCn4cc(-c5ccc6c(c5)CC/C6=N/O)c(-c5ccncc5)n4)c3C2=O)C(O)N1. The van der Waals surface area contributed by atoms with Crippen LogP contribution in [-0.2, 0) is 32.0 Å². The number of nitrogens with one attached hydrogen (secondary N) is 2. The number of carbonyl (C=O) groups excluding carboxylic acids is 3. The standard InChI is InChI=1S/C38H41N7O8/c46-33-9-8-32(36(47)41-33)45-37(48)28-2-1-3-31(34(28)38(45)49)40-14-16-51-18-20-53-21-19-52-17-15-44-23-29(35(42-44)24-10-12-39-13-11-24)26-4-6-27-25(22-26)5-7-30(27)43-50/h1-4,6,10-13,22-23,32,36,40,47,50H,5,7-9,14-21H2,(H,41,46)/b43-30-.